The van der Waals surface area contributed by atoms with Crippen LogP contribution in [0.3, 0.4) is 0 Å². The first-order valence-corrected chi connectivity index (χ1v) is 18.6. The van der Waals surface area contributed by atoms with Crippen molar-refractivity contribution in [3.8, 4) is 0 Å². The third kappa shape index (κ3) is 8.21. The Morgan fingerprint density at radius 1 is 0.837 bits per heavy atom. The maximum atomic E-state index is 12.5. The molecule has 1 aliphatic carbocycles. The summed E-state index contributed by atoms with van der Waals surface area (Å²) in [5.41, 5.74) is 4.14. The van der Waals surface area contributed by atoms with Gasteiger partial charge in [0.25, 0.3) is 0 Å². The fraction of sp³-hybridized carbons (Fsp3) is 0.243. The first-order valence-electron chi connectivity index (χ1n) is 15.5. The molecule has 0 radical (unpaired) electrons. The van der Waals surface area contributed by atoms with Gasteiger partial charge in [-0.3, -0.25) is 19.7 Å². The number of fused-ring (bicyclic) bond motifs is 4. The van der Waals surface area contributed by atoms with Gasteiger partial charge in [-0.15, -0.1) is 0 Å². The standard InChI is InChI=1S/C23H24Br2ClN3O2.C14H7BrClNO/c1-23(2,3)31-22(30)29-8-6-28(7-9-29)21-17-5-4-16(26)10-14(17)11-19(25)18-12-15(24)13-27-20(18)21;15-10-5-9-2-1-8-6-11(16)3-4-12(8)14(18)13(9)17-7-10/h4-5,10-13,21H,6-9H2,1-3H3;1-7H. The minimum absolute atomic E-state index is 0.0394. The first kappa shape index (κ1) is 35.9. The van der Waals surface area contributed by atoms with E-state index in [1.807, 2.05) is 57.3 Å². The molecular weight excluding hydrogens is 859 g/mol. The average Bonchev–Trinajstić information content (AvgIpc) is 3.25. The topological polar surface area (TPSA) is 75.6 Å². The van der Waals surface area contributed by atoms with Crippen LogP contribution in [0.2, 0.25) is 10.0 Å². The molecule has 0 bridgehead atoms. The number of amides is 1. The maximum absolute atomic E-state index is 12.5. The number of pyridine rings is 2. The van der Waals surface area contributed by atoms with Crippen LogP contribution in [0.15, 0.2) is 86.8 Å². The molecule has 1 fully saturated rings. The predicted molar refractivity (Wildman–Crippen MR) is 210 cm³/mol. The molecule has 0 spiro atoms. The van der Waals surface area contributed by atoms with E-state index >= 15 is 0 Å². The van der Waals surface area contributed by atoms with Gasteiger partial charge >= 0.3 is 6.09 Å². The number of hydrogen-bond donors (Lipinski definition) is 0. The summed E-state index contributed by atoms with van der Waals surface area (Å²) in [6, 6.07) is 18.9. The number of carbonyl (C=O) groups excluding carboxylic acids is 1. The SMILES string of the molecule is CC(C)(C)OC(=O)N1CCN(C2c3ccc(Cl)cc3C=C(Br)c3cc(Br)cnc32)CC1.O=c1c2ccc(Cl)cc2ccc2cc(Br)cnc12. The Morgan fingerprint density at radius 3 is 2.22 bits per heavy atom. The highest BCUT2D eigenvalue weighted by molar-refractivity contribution is 9.15. The monoisotopic (exact) mass is 886 g/mol. The van der Waals surface area contributed by atoms with Crippen molar-refractivity contribution in [1.29, 1.82) is 0 Å². The van der Waals surface area contributed by atoms with Crippen molar-refractivity contribution in [3.63, 3.8) is 0 Å². The summed E-state index contributed by atoms with van der Waals surface area (Å²) < 4.78 is 8.29. The summed E-state index contributed by atoms with van der Waals surface area (Å²) in [6.07, 6.45) is 5.31. The number of halogens is 5. The Kier molecular flexibility index (Phi) is 10.8. The second kappa shape index (κ2) is 14.8. The van der Waals surface area contributed by atoms with E-state index in [0.717, 1.165) is 59.7 Å². The number of benzene rings is 2. The number of aromatic nitrogens is 2. The predicted octanol–water partition coefficient (Wildman–Crippen LogP) is 10.5. The molecule has 3 heterocycles. The summed E-state index contributed by atoms with van der Waals surface area (Å²) in [5, 5.41) is 3.57. The van der Waals surface area contributed by atoms with Crippen molar-refractivity contribution in [2.24, 2.45) is 0 Å². The molecule has 1 unspecified atom stereocenters. The fourth-order valence-corrected chi connectivity index (χ4v) is 7.56. The second-order valence-corrected chi connectivity index (χ2v) is 16.3. The van der Waals surface area contributed by atoms with Gasteiger partial charge in [-0.2, -0.15) is 0 Å². The third-order valence-corrected chi connectivity index (χ3v) is 10.2. The second-order valence-electron chi connectivity index (χ2n) is 12.7. The summed E-state index contributed by atoms with van der Waals surface area (Å²) in [4.78, 5) is 38.1. The van der Waals surface area contributed by atoms with Crippen LogP contribution in [0.1, 0.15) is 49.2 Å². The van der Waals surface area contributed by atoms with Crippen LogP contribution in [0.5, 0.6) is 0 Å². The number of hydrogen-bond acceptors (Lipinski definition) is 6. The van der Waals surface area contributed by atoms with Gasteiger partial charge in [-0.25, -0.2) is 4.79 Å². The van der Waals surface area contributed by atoms with Crippen molar-refractivity contribution in [1.82, 2.24) is 19.8 Å². The average molecular weight is 890 g/mol. The van der Waals surface area contributed by atoms with Crippen LogP contribution in [-0.2, 0) is 4.74 Å². The van der Waals surface area contributed by atoms with Crippen LogP contribution < -0.4 is 5.43 Å². The van der Waals surface area contributed by atoms with Crippen LogP contribution >= 0.6 is 71.0 Å². The lowest BCUT2D eigenvalue weighted by molar-refractivity contribution is 0.0118. The lowest BCUT2D eigenvalue weighted by Gasteiger charge is -2.40. The van der Waals surface area contributed by atoms with Crippen molar-refractivity contribution >= 4 is 109 Å². The van der Waals surface area contributed by atoms with Gasteiger partial charge in [0.2, 0.25) is 5.43 Å². The zero-order chi connectivity index (χ0) is 35.0. The summed E-state index contributed by atoms with van der Waals surface area (Å²) in [5.74, 6) is 0. The van der Waals surface area contributed by atoms with Gasteiger partial charge in [0.15, 0.2) is 0 Å². The van der Waals surface area contributed by atoms with E-state index in [1.165, 1.54) is 0 Å². The molecule has 0 saturated carbocycles. The largest absolute Gasteiger partial charge is 0.444 e. The number of piperazine rings is 1. The van der Waals surface area contributed by atoms with E-state index in [2.05, 4.69) is 75.9 Å². The van der Waals surface area contributed by atoms with Gasteiger partial charge in [0.05, 0.1) is 11.7 Å². The maximum Gasteiger partial charge on any atom is 0.410 e. The van der Waals surface area contributed by atoms with E-state index in [9.17, 15) is 9.59 Å². The fourth-order valence-electron chi connectivity index (χ4n) is 5.96. The molecule has 0 N–H and O–H groups in total. The van der Waals surface area contributed by atoms with E-state index in [4.69, 9.17) is 32.9 Å². The van der Waals surface area contributed by atoms with Crippen molar-refractivity contribution < 1.29 is 9.53 Å². The van der Waals surface area contributed by atoms with Gasteiger partial charge in [-0.05, 0) is 118 Å². The van der Waals surface area contributed by atoms with E-state index in [1.54, 1.807) is 29.3 Å². The smallest absolute Gasteiger partial charge is 0.410 e. The zero-order valence-corrected chi connectivity index (χ0v) is 33.1. The number of nitrogens with zero attached hydrogens (tertiary/aromatic N) is 4. The number of rotatable bonds is 1. The molecule has 7 rings (SSSR count). The molecule has 1 amide bonds. The van der Waals surface area contributed by atoms with Crippen molar-refractivity contribution in [2.45, 2.75) is 32.4 Å². The Hall–Kier alpha value is -2.86. The molecule has 2 aliphatic rings. The third-order valence-electron chi connectivity index (χ3n) is 8.16. The van der Waals surface area contributed by atoms with Gasteiger partial charge < -0.3 is 9.64 Å². The highest BCUT2D eigenvalue weighted by atomic mass is 79.9. The lowest BCUT2D eigenvalue weighted by atomic mass is 9.96. The Bertz CT molecular complexity index is 2120. The summed E-state index contributed by atoms with van der Waals surface area (Å²) >= 11 is 22.9. The lowest BCUT2D eigenvalue weighted by Crippen LogP contribution is -2.51. The van der Waals surface area contributed by atoms with Crippen molar-refractivity contribution in [3.05, 3.63) is 125 Å². The number of ether oxygens (including phenoxy) is 1. The molecule has 1 aliphatic heterocycles. The van der Waals surface area contributed by atoms with Gasteiger partial charge in [0.1, 0.15) is 11.1 Å². The Balaban J connectivity index is 0.000000195. The molecule has 252 valence electrons. The molecule has 5 aromatic rings. The normalized spacial score (nSPS) is 16.2. The molecule has 12 heteroatoms. The Labute approximate surface area is 319 Å². The van der Waals surface area contributed by atoms with Gasteiger partial charge in [-0.1, -0.05) is 57.3 Å². The van der Waals surface area contributed by atoms with Crippen LogP contribution in [0.25, 0.3) is 32.2 Å². The van der Waals surface area contributed by atoms with Crippen LogP contribution in [0, 0.1) is 0 Å². The van der Waals surface area contributed by atoms with Gasteiger partial charge in [0, 0.05) is 78.4 Å². The summed E-state index contributed by atoms with van der Waals surface area (Å²) in [6.45, 7) is 8.33. The first-order chi connectivity index (χ1) is 23.3. The highest BCUT2D eigenvalue weighted by Crippen LogP contribution is 2.42. The van der Waals surface area contributed by atoms with Crippen LogP contribution in [-0.4, -0.2) is 57.6 Å². The van der Waals surface area contributed by atoms with E-state index in [-0.39, 0.29) is 17.6 Å². The van der Waals surface area contributed by atoms with E-state index < -0.39 is 5.60 Å². The minimum Gasteiger partial charge on any atom is -0.444 e. The quantitative estimate of drug-likeness (QED) is 0.167. The zero-order valence-electron chi connectivity index (χ0n) is 26.8. The molecule has 1 saturated heterocycles. The molecular formula is C37H31Br3Cl2N4O3. The highest BCUT2D eigenvalue weighted by Gasteiger charge is 2.34. The molecule has 1 atom stereocenters. The minimum atomic E-state index is -0.498. The summed E-state index contributed by atoms with van der Waals surface area (Å²) in [7, 11) is 0. The van der Waals surface area contributed by atoms with Crippen molar-refractivity contribution in [2.75, 3.05) is 26.2 Å². The van der Waals surface area contributed by atoms with E-state index in [0.29, 0.717) is 34.0 Å². The molecule has 7 nitrogen and oxygen atoms in total. The molecule has 3 aromatic carbocycles. The molecule has 49 heavy (non-hydrogen) atoms. The molecule has 2 aromatic heterocycles. The number of carbonyl (C=O) groups is 1. The van der Waals surface area contributed by atoms with Crippen LogP contribution in [0.4, 0.5) is 4.79 Å². The Morgan fingerprint density at radius 2 is 1.49 bits per heavy atom.